The lowest BCUT2D eigenvalue weighted by atomic mass is 10.2. The van der Waals surface area contributed by atoms with Gasteiger partial charge in [-0.1, -0.05) is 0 Å². The predicted octanol–water partition coefficient (Wildman–Crippen LogP) is 2.90. The molecule has 16 heavy (non-hydrogen) atoms. The van der Waals surface area contributed by atoms with Crippen molar-refractivity contribution in [3.05, 3.63) is 28.8 Å². The fraction of sp³-hybridized carbons (Fsp3) is 0.273. The fourth-order valence-electron chi connectivity index (χ4n) is 1.40. The van der Waals surface area contributed by atoms with Gasteiger partial charge in [-0.3, -0.25) is 0 Å². The van der Waals surface area contributed by atoms with Gasteiger partial charge in [0.25, 0.3) is 0 Å². The average Bonchev–Trinajstić information content (AvgIpc) is 2.67. The van der Waals surface area contributed by atoms with E-state index in [4.69, 9.17) is 5.11 Å². The third kappa shape index (κ3) is 2.36. The zero-order valence-electron chi connectivity index (χ0n) is 8.77. The average molecular weight is 253 g/mol. The van der Waals surface area contributed by atoms with Gasteiger partial charge in [0, 0.05) is 6.42 Å². The molecule has 0 aliphatic heterocycles. The number of thioether (sulfide) groups is 1. The molecule has 0 aliphatic rings. The molecule has 0 radical (unpaired) electrons. The van der Waals surface area contributed by atoms with Crippen molar-refractivity contribution in [1.29, 1.82) is 0 Å². The van der Waals surface area contributed by atoms with Crippen molar-refractivity contribution in [2.24, 2.45) is 0 Å². The van der Waals surface area contributed by atoms with E-state index in [0.29, 0.717) is 5.56 Å². The molecule has 2 rings (SSSR count). The van der Waals surface area contributed by atoms with Crippen LogP contribution in [0.1, 0.15) is 15.4 Å². The van der Waals surface area contributed by atoms with Gasteiger partial charge in [0.15, 0.2) is 0 Å². The Bertz CT molecular complexity index is 522. The Kier molecular flexibility index (Phi) is 3.46. The summed E-state index contributed by atoms with van der Waals surface area (Å²) in [5.41, 5.74) is 1.22. The Morgan fingerprint density at radius 1 is 1.56 bits per heavy atom. The van der Waals surface area contributed by atoms with Crippen molar-refractivity contribution in [2.75, 3.05) is 12.0 Å². The molecule has 1 aromatic heterocycles. The number of hydrogen-bond donors (Lipinski definition) is 1. The highest BCUT2D eigenvalue weighted by Crippen LogP contribution is 2.24. The van der Waals surface area contributed by atoms with Crippen LogP contribution in [0.5, 0.6) is 0 Å². The van der Waals surface area contributed by atoms with Crippen LogP contribution >= 0.6 is 23.1 Å². The topological polar surface area (TPSA) is 50.2 Å². The molecule has 0 bridgehead atoms. The van der Waals surface area contributed by atoms with E-state index in [1.165, 1.54) is 0 Å². The van der Waals surface area contributed by atoms with Crippen molar-refractivity contribution in [2.45, 2.75) is 6.42 Å². The summed E-state index contributed by atoms with van der Waals surface area (Å²) >= 11 is 3.37. The van der Waals surface area contributed by atoms with E-state index in [-0.39, 0.29) is 0 Å². The molecule has 0 atom stereocenters. The molecule has 1 N–H and O–H groups in total. The van der Waals surface area contributed by atoms with Crippen molar-refractivity contribution in [3.63, 3.8) is 0 Å². The third-order valence-electron chi connectivity index (χ3n) is 2.20. The fourth-order valence-corrected chi connectivity index (χ4v) is 2.93. The molecule has 0 amide bonds. The maximum absolute atomic E-state index is 10.8. The monoisotopic (exact) mass is 253 g/mol. The second-order valence-corrected chi connectivity index (χ2v) is 5.44. The molecule has 0 aliphatic carbocycles. The van der Waals surface area contributed by atoms with Gasteiger partial charge in [0.05, 0.1) is 20.8 Å². The number of thiazole rings is 1. The predicted molar refractivity (Wildman–Crippen MR) is 68.7 cm³/mol. The highest BCUT2D eigenvalue weighted by molar-refractivity contribution is 7.98. The van der Waals surface area contributed by atoms with Gasteiger partial charge in [0.1, 0.15) is 0 Å². The Balaban J connectivity index is 2.34. The largest absolute Gasteiger partial charge is 0.478 e. The van der Waals surface area contributed by atoms with Gasteiger partial charge in [-0.15, -0.1) is 11.3 Å². The lowest BCUT2D eigenvalue weighted by Gasteiger charge is -1.91. The lowest BCUT2D eigenvalue weighted by molar-refractivity contribution is 0.0697. The Morgan fingerprint density at radius 2 is 2.38 bits per heavy atom. The van der Waals surface area contributed by atoms with Crippen LogP contribution in [0.4, 0.5) is 0 Å². The molecule has 2 aromatic rings. The number of carboxylic acids is 1. The summed E-state index contributed by atoms with van der Waals surface area (Å²) in [7, 11) is 0. The Morgan fingerprint density at radius 3 is 3.06 bits per heavy atom. The number of benzene rings is 1. The molecule has 0 saturated heterocycles. The van der Waals surface area contributed by atoms with E-state index in [1.54, 1.807) is 41.3 Å². The first-order valence-electron chi connectivity index (χ1n) is 4.82. The molecule has 84 valence electrons. The Labute approximate surface area is 102 Å². The van der Waals surface area contributed by atoms with Gasteiger partial charge in [-0.25, -0.2) is 9.78 Å². The smallest absolute Gasteiger partial charge is 0.335 e. The summed E-state index contributed by atoms with van der Waals surface area (Å²) in [4.78, 5) is 15.3. The summed E-state index contributed by atoms with van der Waals surface area (Å²) in [5, 5.41) is 9.95. The van der Waals surface area contributed by atoms with E-state index in [1.807, 2.05) is 0 Å². The number of fused-ring (bicyclic) bond motifs is 1. The van der Waals surface area contributed by atoms with Gasteiger partial charge in [-0.2, -0.15) is 11.8 Å². The van der Waals surface area contributed by atoms with Crippen LogP contribution in [-0.4, -0.2) is 28.1 Å². The van der Waals surface area contributed by atoms with E-state index < -0.39 is 5.97 Å². The van der Waals surface area contributed by atoms with Crippen molar-refractivity contribution in [1.82, 2.24) is 4.98 Å². The molecule has 0 spiro atoms. The van der Waals surface area contributed by atoms with Crippen LogP contribution in [0.2, 0.25) is 0 Å². The molecule has 0 unspecified atom stereocenters. The highest BCUT2D eigenvalue weighted by atomic mass is 32.2. The summed E-state index contributed by atoms with van der Waals surface area (Å²) in [5.74, 6) is 0.159. The minimum Gasteiger partial charge on any atom is -0.478 e. The first-order chi connectivity index (χ1) is 7.70. The van der Waals surface area contributed by atoms with Gasteiger partial charge < -0.3 is 5.11 Å². The van der Waals surface area contributed by atoms with Gasteiger partial charge in [0.2, 0.25) is 0 Å². The number of aromatic carboxylic acids is 1. The van der Waals surface area contributed by atoms with Crippen LogP contribution in [0.25, 0.3) is 10.2 Å². The summed E-state index contributed by atoms with van der Waals surface area (Å²) in [6, 6.07) is 5.07. The quantitative estimate of drug-likeness (QED) is 0.910. The zero-order valence-corrected chi connectivity index (χ0v) is 10.4. The molecular formula is C11H11NO2S2. The number of rotatable bonds is 4. The number of nitrogens with zero attached hydrogens (tertiary/aromatic N) is 1. The van der Waals surface area contributed by atoms with E-state index >= 15 is 0 Å². The van der Waals surface area contributed by atoms with Crippen LogP contribution < -0.4 is 0 Å². The van der Waals surface area contributed by atoms with Crippen LogP contribution in [-0.2, 0) is 6.42 Å². The second-order valence-electron chi connectivity index (χ2n) is 3.34. The van der Waals surface area contributed by atoms with Crippen molar-refractivity contribution < 1.29 is 9.90 Å². The van der Waals surface area contributed by atoms with Crippen molar-refractivity contribution in [3.8, 4) is 0 Å². The first-order valence-corrected chi connectivity index (χ1v) is 7.03. The second kappa shape index (κ2) is 4.84. The number of aromatic nitrogens is 1. The molecule has 0 fully saturated rings. The molecule has 0 saturated carbocycles. The first kappa shape index (κ1) is 11.4. The maximum atomic E-state index is 10.8. The molecule has 1 heterocycles. The Hall–Kier alpha value is -1.07. The maximum Gasteiger partial charge on any atom is 0.335 e. The number of carboxylic acid groups (broad SMARTS) is 1. The number of hydrogen-bond acceptors (Lipinski definition) is 4. The minimum atomic E-state index is -0.888. The molecule has 3 nitrogen and oxygen atoms in total. The number of carbonyl (C=O) groups is 1. The molecule has 1 aromatic carbocycles. The summed E-state index contributed by atoms with van der Waals surface area (Å²) in [6.45, 7) is 0. The van der Waals surface area contributed by atoms with E-state index in [9.17, 15) is 4.79 Å². The number of aryl methyl sites for hydroxylation is 1. The summed E-state index contributed by atoms with van der Waals surface area (Å²) in [6.07, 6.45) is 3.01. The lowest BCUT2D eigenvalue weighted by Crippen LogP contribution is -1.94. The molecular weight excluding hydrogens is 242 g/mol. The highest BCUT2D eigenvalue weighted by Gasteiger charge is 2.07. The zero-order chi connectivity index (χ0) is 11.5. The normalized spacial score (nSPS) is 10.8. The van der Waals surface area contributed by atoms with Crippen LogP contribution in [0.15, 0.2) is 18.2 Å². The van der Waals surface area contributed by atoms with E-state index in [2.05, 4.69) is 11.2 Å². The minimum absolute atomic E-state index is 0.326. The van der Waals surface area contributed by atoms with Crippen molar-refractivity contribution >= 4 is 39.3 Å². The van der Waals surface area contributed by atoms with E-state index in [0.717, 1.165) is 27.4 Å². The molecule has 5 heteroatoms. The van der Waals surface area contributed by atoms with Gasteiger partial charge in [-0.05, 0) is 30.2 Å². The third-order valence-corrected chi connectivity index (χ3v) is 3.89. The standard InChI is InChI=1S/C11H11NO2S2/c1-15-5-4-10-12-8-3-2-7(11(13)14)6-9(8)16-10/h2-3,6H,4-5H2,1H3,(H,13,14). The SMILES string of the molecule is CSCCc1nc2ccc(C(=O)O)cc2s1. The van der Waals surface area contributed by atoms with Gasteiger partial charge >= 0.3 is 5.97 Å². The van der Waals surface area contributed by atoms with Crippen LogP contribution in [0, 0.1) is 0 Å². The summed E-state index contributed by atoms with van der Waals surface area (Å²) < 4.78 is 0.955. The van der Waals surface area contributed by atoms with Crippen LogP contribution in [0.3, 0.4) is 0 Å².